The Morgan fingerprint density at radius 1 is 1.29 bits per heavy atom. The third-order valence-electron chi connectivity index (χ3n) is 2.21. The van der Waals surface area contributed by atoms with Crippen molar-refractivity contribution in [3.63, 3.8) is 0 Å². The van der Waals surface area contributed by atoms with Gasteiger partial charge in [0.1, 0.15) is 0 Å². The maximum atomic E-state index is 13.1. The average molecular weight is 264 g/mol. The number of aliphatic carboxylic acids is 1. The Morgan fingerprint density at radius 3 is 2.24 bits per heavy atom. The van der Waals surface area contributed by atoms with E-state index >= 15 is 0 Å². The SMILES string of the molecule is Cc1ccc(S(=O)(=O)C(F)(F)C(=O)O)c(C)c1. The second kappa shape index (κ2) is 4.06. The number of sulfone groups is 1. The molecule has 4 nitrogen and oxygen atoms in total. The van der Waals surface area contributed by atoms with Crippen LogP contribution in [0.5, 0.6) is 0 Å². The fourth-order valence-electron chi connectivity index (χ4n) is 1.35. The van der Waals surface area contributed by atoms with Crippen molar-refractivity contribution >= 4 is 15.8 Å². The average Bonchev–Trinajstić information content (AvgIpc) is 2.16. The molecular weight excluding hydrogens is 254 g/mol. The summed E-state index contributed by atoms with van der Waals surface area (Å²) in [6, 6.07) is 3.71. The zero-order valence-corrected chi connectivity index (χ0v) is 9.88. The Kier molecular flexibility index (Phi) is 3.24. The summed E-state index contributed by atoms with van der Waals surface area (Å²) in [5.41, 5.74) is 0.783. The molecule has 1 N–H and O–H groups in total. The number of carboxylic acid groups (broad SMARTS) is 1. The van der Waals surface area contributed by atoms with Gasteiger partial charge in [0.25, 0.3) is 9.84 Å². The maximum Gasteiger partial charge on any atom is 0.444 e. The van der Waals surface area contributed by atoms with E-state index in [0.717, 1.165) is 6.07 Å². The molecule has 1 aromatic rings. The molecule has 7 heteroatoms. The van der Waals surface area contributed by atoms with Crippen LogP contribution < -0.4 is 0 Å². The van der Waals surface area contributed by atoms with E-state index < -0.39 is 26.0 Å². The van der Waals surface area contributed by atoms with Crippen LogP contribution >= 0.6 is 0 Å². The Labute approximate surface area is 96.8 Å². The molecule has 0 unspecified atom stereocenters. The largest absolute Gasteiger partial charge is 0.476 e. The van der Waals surface area contributed by atoms with Crippen molar-refractivity contribution in [1.82, 2.24) is 0 Å². The summed E-state index contributed by atoms with van der Waals surface area (Å²) in [6.45, 7) is 3.00. The lowest BCUT2D eigenvalue weighted by atomic mass is 10.2. The minimum atomic E-state index is -5.22. The fraction of sp³-hybridized carbons (Fsp3) is 0.300. The van der Waals surface area contributed by atoms with Crippen molar-refractivity contribution in [2.45, 2.75) is 24.0 Å². The fourth-order valence-corrected chi connectivity index (χ4v) is 2.59. The number of benzene rings is 1. The molecule has 0 fully saturated rings. The molecule has 0 aliphatic rings. The molecule has 0 heterocycles. The number of aryl methyl sites for hydroxylation is 2. The number of alkyl halides is 2. The molecule has 0 saturated carbocycles. The van der Waals surface area contributed by atoms with Gasteiger partial charge in [-0.3, -0.25) is 0 Å². The van der Waals surface area contributed by atoms with Gasteiger partial charge in [-0.05, 0) is 25.5 Å². The van der Waals surface area contributed by atoms with E-state index in [1.165, 1.54) is 19.1 Å². The van der Waals surface area contributed by atoms with Gasteiger partial charge in [0.2, 0.25) is 0 Å². The van der Waals surface area contributed by atoms with Crippen molar-refractivity contribution in [2.75, 3.05) is 0 Å². The minimum Gasteiger partial charge on any atom is -0.476 e. The Morgan fingerprint density at radius 2 is 1.82 bits per heavy atom. The number of hydrogen-bond acceptors (Lipinski definition) is 3. The van der Waals surface area contributed by atoms with Crippen LogP contribution in [0.4, 0.5) is 8.78 Å². The topological polar surface area (TPSA) is 71.4 Å². The molecule has 0 aliphatic carbocycles. The highest BCUT2D eigenvalue weighted by Gasteiger charge is 2.54. The summed E-state index contributed by atoms with van der Waals surface area (Å²) in [7, 11) is -5.22. The summed E-state index contributed by atoms with van der Waals surface area (Å²) in [5, 5.41) is 3.43. The Hall–Kier alpha value is -1.50. The number of carboxylic acids is 1. The van der Waals surface area contributed by atoms with Gasteiger partial charge in [-0.15, -0.1) is 0 Å². The van der Waals surface area contributed by atoms with Gasteiger partial charge in [0.05, 0.1) is 4.90 Å². The molecule has 0 spiro atoms. The van der Waals surface area contributed by atoms with Crippen LogP contribution in [0.1, 0.15) is 11.1 Å². The van der Waals surface area contributed by atoms with Crippen molar-refractivity contribution in [1.29, 1.82) is 0 Å². The van der Waals surface area contributed by atoms with Gasteiger partial charge in [-0.25, -0.2) is 13.2 Å². The predicted molar refractivity (Wildman–Crippen MR) is 55.7 cm³/mol. The standard InChI is InChI=1S/C10H10F2O4S/c1-6-3-4-8(7(2)5-6)17(15,16)10(11,12)9(13)14/h3-5H,1-2H3,(H,13,14). The minimum absolute atomic E-state index is 0.0888. The predicted octanol–water partition coefficient (Wildman–Crippen LogP) is 1.75. The van der Waals surface area contributed by atoms with Gasteiger partial charge in [-0.1, -0.05) is 17.7 Å². The normalized spacial score (nSPS) is 12.5. The van der Waals surface area contributed by atoms with Crippen molar-refractivity contribution in [2.24, 2.45) is 0 Å². The van der Waals surface area contributed by atoms with Crippen LogP contribution in [0.3, 0.4) is 0 Å². The summed E-state index contributed by atoms with van der Waals surface area (Å²) >= 11 is 0. The molecule has 0 saturated heterocycles. The molecule has 1 rings (SSSR count). The van der Waals surface area contributed by atoms with Gasteiger partial charge in [0.15, 0.2) is 0 Å². The molecule has 0 radical (unpaired) electrons. The van der Waals surface area contributed by atoms with Crippen LogP contribution in [0, 0.1) is 13.8 Å². The second-order valence-corrected chi connectivity index (χ2v) is 5.55. The van der Waals surface area contributed by atoms with Gasteiger partial charge < -0.3 is 5.11 Å². The highest BCUT2D eigenvalue weighted by molar-refractivity contribution is 7.93. The Balaban J connectivity index is 3.47. The van der Waals surface area contributed by atoms with Crippen molar-refractivity contribution in [3.8, 4) is 0 Å². The van der Waals surface area contributed by atoms with Gasteiger partial charge in [-0.2, -0.15) is 8.78 Å². The molecule has 94 valence electrons. The summed E-state index contributed by atoms with van der Waals surface area (Å²) < 4.78 is 49.2. The third-order valence-corrected chi connectivity index (χ3v) is 4.09. The van der Waals surface area contributed by atoms with E-state index in [4.69, 9.17) is 5.11 Å². The van der Waals surface area contributed by atoms with Gasteiger partial charge in [0, 0.05) is 0 Å². The van der Waals surface area contributed by atoms with Gasteiger partial charge >= 0.3 is 11.2 Å². The van der Waals surface area contributed by atoms with Crippen molar-refractivity contribution in [3.05, 3.63) is 29.3 Å². The first-order valence-electron chi connectivity index (χ1n) is 4.54. The highest BCUT2D eigenvalue weighted by Crippen LogP contribution is 2.31. The van der Waals surface area contributed by atoms with E-state index in [9.17, 15) is 22.0 Å². The number of rotatable bonds is 3. The van der Waals surface area contributed by atoms with E-state index in [2.05, 4.69) is 0 Å². The number of halogens is 2. The zero-order chi connectivity index (χ0) is 13.4. The summed E-state index contributed by atoms with van der Waals surface area (Å²) in [6.07, 6.45) is 0. The molecule has 0 bridgehead atoms. The van der Waals surface area contributed by atoms with Crippen LogP contribution in [0.15, 0.2) is 23.1 Å². The molecule has 0 atom stereocenters. The van der Waals surface area contributed by atoms with Crippen LogP contribution in [-0.2, 0) is 14.6 Å². The third kappa shape index (κ3) is 2.14. The smallest absolute Gasteiger partial charge is 0.444 e. The molecule has 1 aromatic carbocycles. The summed E-state index contributed by atoms with van der Waals surface area (Å²) in [4.78, 5) is 9.62. The van der Waals surface area contributed by atoms with E-state index in [-0.39, 0.29) is 5.56 Å². The molecule has 0 amide bonds. The molecule has 0 aliphatic heterocycles. The van der Waals surface area contributed by atoms with Crippen LogP contribution in [-0.4, -0.2) is 24.7 Å². The highest BCUT2D eigenvalue weighted by atomic mass is 32.2. The Bertz CT molecular complexity index is 564. The number of carbonyl (C=O) groups is 1. The second-order valence-electron chi connectivity index (χ2n) is 3.59. The summed E-state index contributed by atoms with van der Waals surface area (Å²) in [5.74, 6) is -2.68. The first-order chi connectivity index (χ1) is 7.60. The maximum absolute atomic E-state index is 13.1. The van der Waals surface area contributed by atoms with Crippen molar-refractivity contribution < 1.29 is 27.1 Å². The molecular formula is C10H10F2O4S. The quantitative estimate of drug-likeness (QED) is 0.902. The monoisotopic (exact) mass is 264 g/mol. The van der Waals surface area contributed by atoms with E-state index in [1.54, 1.807) is 6.92 Å². The van der Waals surface area contributed by atoms with Crippen LogP contribution in [0.25, 0.3) is 0 Å². The molecule has 0 aromatic heterocycles. The number of hydrogen-bond donors (Lipinski definition) is 1. The van der Waals surface area contributed by atoms with E-state index in [1.807, 2.05) is 0 Å². The van der Waals surface area contributed by atoms with Crippen LogP contribution in [0.2, 0.25) is 0 Å². The lowest BCUT2D eigenvalue weighted by molar-refractivity contribution is -0.153. The molecule has 17 heavy (non-hydrogen) atoms. The first kappa shape index (κ1) is 13.6. The first-order valence-corrected chi connectivity index (χ1v) is 6.02. The lowest BCUT2D eigenvalue weighted by Crippen LogP contribution is -2.38. The van der Waals surface area contributed by atoms with E-state index in [0.29, 0.717) is 5.56 Å². The lowest BCUT2D eigenvalue weighted by Gasteiger charge is -2.14. The zero-order valence-electron chi connectivity index (χ0n) is 9.07.